The van der Waals surface area contributed by atoms with Gasteiger partial charge in [-0.2, -0.15) is 0 Å². The number of aliphatic hydroxyl groups is 1. The Hall–Kier alpha value is -1.53. The molecule has 0 aliphatic heterocycles. The Balaban J connectivity index is 2.36. The van der Waals surface area contributed by atoms with Crippen LogP contribution in [0.4, 0.5) is 0 Å². The monoisotopic (exact) mass is 240 g/mol. The molecule has 1 atom stereocenters. The van der Waals surface area contributed by atoms with E-state index >= 15 is 0 Å². The first-order chi connectivity index (χ1) is 8.11. The predicted molar refractivity (Wildman–Crippen MR) is 60.0 cm³/mol. The summed E-state index contributed by atoms with van der Waals surface area (Å²) in [6, 6.07) is 0. The number of aliphatic hydroxyl groups excluding tert-OH is 1. The van der Waals surface area contributed by atoms with Gasteiger partial charge in [-0.3, -0.25) is 9.78 Å². The van der Waals surface area contributed by atoms with E-state index in [1.807, 2.05) is 13.8 Å². The Morgan fingerprint density at radius 3 is 2.82 bits per heavy atom. The summed E-state index contributed by atoms with van der Waals surface area (Å²) in [5.74, 6) is 0.207. The Morgan fingerprint density at radius 2 is 2.18 bits per heavy atom. The summed E-state index contributed by atoms with van der Waals surface area (Å²) >= 11 is 0. The summed E-state index contributed by atoms with van der Waals surface area (Å²) in [7, 11) is 0. The second-order valence-electron chi connectivity index (χ2n) is 3.75. The van der Waals surface area contributed by atoms with E-state index in [0.29, 0.717) is 6.29 Å². The lowest BCUT2D eigenvalue weighted by Gasteiger charge is -2.13. The molecule has 0 aliphatic carbocycles. The van der Waals surface area contributed by atoms with Crippen LogP contribution in [0.15, 0.2) is 12.4 Å². The van der Waals surface area contributed by atoms with Crippen LogP contribution in [-0.4, -0.2) is 46.8 Å². The molecule has 0 spiro atoms. The van der Waals surface area contributed by atoms with Gasteiger partial charge in [-0.05, 0) is 13.8 Å². The minimum Gasteiger partial charge on any atom is -0.474 e. The molecule has 0 radical (unpaired) electrons. The van der Waals surface area contributed by atoms with Crippen LogP contribution in [0.2, 0.25) is 0 Å². The van der Waals surface area contributed by atoms with Gasteiger partial charge < -0.3 is 14.6 Å². The van der Waals surface area contributed by atoms with Gasteiger partial charge in [-0.25, -0.2) is 4.98 Å². The smallest absolute Gasteiger partial charge is 0.233 e. The van der Waals surface area contributed by atoms with E-state index in [2.05, 4.69) is 9.97 Å². The molecular formula is C11H16N2O4. The maximum Gasteiger partial charge on any atom is 0.233 e. The van der Waals surface area contributed by atoms with Gasteiger partial charge >= 0.3 is 0 Å². The van der Waals surface area contributed by atoms with E-state index in [0.717, 1.165) is 0 Å². The molecule has 0 amide bonds. The third kappa shape index (κ3) is 5.37. The number of hydrogen-bond donors (Lipinski definition) is 1. The van der Waals surface area contributed by atoms with Gasteiger partial charge in [0.05, 0.1) is 25.1 Å². The highest BCUT2D eigenvalue weighted by atomic mass is 16.5. The lowest BCUT2D eigenvalue weighted by molar-refractivity contribution is -0.0129. The Bertz CT molecular complexity index is 357. The van der Waals surface area contributed by atoms with Crippen molar-refractivity contribution >= 4 is 6.29 Å². The van der Waals surface area contributed by atoms with Gasteiger partial charge in [0.1, 0.15) is 18.4 Å². The molecule has 1 N–H and O–H groups in total. The van der Waals surface area contributed by atoms with Crippen molar-refractivity contribution in [3.05, 3.63) is 18.1 Å². The van der Waals surface area contributed by atoms with Crippen molar-refractivity contribution < 1.29 is 19.4 Å². The van der Waals surface area contributed by atoms with Crippen LogP contribution in [0.3, 0.4) is 0 Å². The summed E-state index contributed by atoms with van der Waals surface area (Å²) in [6.07, 6.45) is 2.61. The molecule has 0 aromatic carbocycles. The van der Waals surface area contributed by atoms with Crippen molar-refractivity contribution in [3.8, 4) is 5.88 Å². The van der Waals surface area contributed by atoms with E-state index in [1.54, 1.807) is 0 Å². The van der Waals surface area contributed by atoms with Crippen LogP contribution in [0.5, 0.6) is 5.88 Å². The number of carbonyl (C=O) groups is 1. The minimum atomic E-state index is -0.737. The topological polar surface area (TPSA) is 81.5 Å². The number of carbonyl (C=O) groups excluding carboxylic acids is 1. The Labute approximate surface area is 99.6 Å². The molecule has 94 valence electrons. The molecule has 0 bridgehead atoms. The van der Waals surface area contributed by atoms with Gasteiger partial charge in [0.2, 0.25) is 5.88 Å². The molecular weight excluding hydrogens is 224 g/mol. The maximum atomic E-state index is 10.4. The zero-order valence-electron chi connectivity index (χ0n) is 9.87. The highest BCUT2D eigenvalue weighted by Gasteiger charge is 2.07. The number of aromatic nitrogens is 2. The zero-order valence-corrected chi connectivity index (χ0v) is 9.87. The van der Waals surface area contributed by atoms with Gasteiger partial charge in [-0.1, -0.05) is 0 Å². The molecule has 0 fully saturated rings. The van der Waals surface area contributed by atoms with Crippen LogP contribution in [-0.2, 0) is 4.74 Å². The average Bonchev–Trinajstić information content (AvgIpc) is 2.34. The SMILES string of the molecule is CC(C)OCC(O)COc1cncc(C=O)n1. The van der Waals surface area contributed by atoms with Crippen molar-refractivity contribution in [2.45, 2.75) is 26.1 Å². The molecule has 17 heavy (non-hydrogen) atoms. The summed E-state index contributed by atoms with van der Waals surface area (Å²) < 4.78 is 10.4. The van der Waals surface area contributed by atoms with E-state index in [1.165, 1.54) is 12.4 Å². The number of rotatable bonds is 7. The van der Waals surface area contributed by atoms with Crippen LogP contribution in [0.1, 0.15) is 24.3 Å². The minimum absolute atomic E-state index is 0.0453. The molecule has 1 unspecified atom stereocenters. The third-order valence-corrected chi connectivity index (χ3v) is 1.80. The van der Waals surface area contributed by atoms with Crippen molar-refractivity contribution in [1.82, 2.24) is 9.97 Å². The lowest BCUT2D eigenvalue weighted by atomic mass is 10.4. The van der Waals surface area contributed by atoms with Crippen LogP contribution in [0, 0.1) is 0 Å². The largest absolute Gasteiger partial charge is 0.474 e. The first kappa shape index (κ1) is 13.5. The third-order valence-electron chi connectivity index (χ3n) is 1.80. The highest BCUT2D eigenvalue weighted by Crippen LogP contribution is 2.04. The number of hydrogen-bond acceptors (Lipinski definition) is 6. The quantitative estimate of drug-likeness (QED) is 0.697. The summed E-state index contributed by atoms with van der Waals surface area (Å²) in [5, 5.41) is 9.52. The average molecular weight is 240 g/mol. The molecule has 1 aromatic heterocycles. The molecule has 6 heteroatoms. The van der Waals surface area contributed by atoms with E-state index < -0.39 is 6.10 Å². The molecule has 1 heterocycles. The van der Waals surface area contributed by atoms with Gasteiger partial charge in [0.25, 0.3) is 0 Å². The lowest BCUT2D eigenvalue weighted by Crippen LogP contribution is -2.25. The summed E-state index contributed by atoms with van der Waals surface area (Å²) in [6.45, 7) is 4.00. The van der Waals surface area contributed by atoms with Crippen molar-refractivity contribution in [3.63, 3.8) is 0 Å². The van der Waals surface area contributed by atoms with Crippen LogP contribution in [0.25, 0.3) is 0 Å². The highest BCUT2D eigenvalue weighted by molar-refractivity contribution is 5.71. The van der Waals surface area contributed by atoms with Gasteiger partial charge in [0.15, 0.2) is 6.29 Å². The van der Waals surface area contributed by atoms with Crippen molar-refractivity contribution in [2.75, 3.05) is 13.2 Å². The molecule has 6 nitrogen and oxygen atoms in total. The van der Waals surface area contributed by atoms with Crippen molar-refractivity contribution in [2.24, 2.45) is 0 Å². The van der Waals surface area contributed by atoms with Crippen LogP contribution >= 0.6 is 0 Å². The standard InChI is InChI=1S/C11H16N2O4/c1-8(2)16-6-10(15)7-17-11-4-12-3-9(5-14)13-11/h3-5,8,10,15H,6-7H2,1-2H3. The fraction of sp³-hybridized carbons (Fsp3) is 0.545. The number of ether oxygens (including phenoxy) is 2. The normalized spacial score (nSPS) is 12.5. The van der Waals surface area contributed by atoms with Gasteiger partial charge in [0, 0.05) is 0 Å². The zero-order chi connectivity index (χ0) is 12.7. The molecule has 1 rings (SSSR count). The first-order valence-electron chi connectivity index (χ1n) is 5.31. The van der Waals surface area contributed by atoms with Crippen LogP contribution < -0.4 is 4.74 Å². The molecule has 0 saturated heterocycles. The predicted octanol–water partition coefficient (Wildman–Crippen LogP) is 0.454. The second-order valence-corrected chi connectivity index (χ2v) is 3.75. The van der Waals surface area contributed by atoms with E-state index in [9.17, 15) is 9.90 Å². The van der Waals surface area contributed by atoms with E-state index in [4.69, 9.17) is 9.47 Å². The maximum absolute atomic E-state index is 10.4. The molecule has 1 aromatic rings. The number of nitrogens with zero attached hydrogens (tertiary/aromatic N) is 2. The van der Waals surface area contributed by atoms with Crippen molar-refractivity contribution in [1.29, 1.82) is 0 Å². The first-order valence-corrected chi connectivity index (χ1v) is 5.31. The Kier molecular flexibility index (Phi) is 5.51. The molecule has 0 aliphatic rings. The van der Waals surface area contributed by atoms with E-state index in [-0.39, 0.29) is 30.9 Å². The Morgan fingerprint density at radius 1 is 1.41 bits per heavy atom. The molecule has 0 saturated carbocycles. The summed E-state index contributed by atoms with van der Waals surface area (Å²) in [5.41, 5.74) is 0.190. The number of aldehydes is 1. The fourth-order valence-corrected chi connectivity index (χ4v) is 1.02. The second kappa shape index (κ2) is 6.93. The van der Waals surface area contributed by atoms with Gasteiger partial charge in [-0.15, -0.1) is 0 Å². The summed E-state index contributed by atoms with van der Waals surface area (Å²) in [4.78, 5) is 18.1. The fourth-order valence-electron chi connectivity index (χ4n) is 1.02.